The fourth-order valence-corrected chi connectivity index (χ4v) is 3.89. The van der Waals surface area contributed by atoms with E-state index in [9.17, 15) is 4.79 Å². The molecule has 138 valence electrons. The average Bonchev–Trinajstić information content (AvgIpc) is 3.18. The smallest absolute Gasteiger partial charge is 0.231 e. The van der Waals surface area contributed by atoms with Crippen molar-refractivity contribution in [1.82, 2.24) is 20.2 Å². The molecule has 9 heteroatoms. The maximum Gasteiger partial charge on any atom is 0.231 e. The van der Waals surface area contributed by atoms with Gasteiger partial charge in [0.1, 0.15) is 0 Å². The lowest BCUT2D eigenvalue weighted by atomic mass is 9.97. The molecule has 27 heavy (non-hydrogen) atoms. The number of hydrogen-bond donors (Lipinski definition) is 1. The van der Waals surface area contributed by atoms with E-state index in [0.717, 1.165) is 36.5 Å². The van der Waals surface area contributed by atoms with Gasteiger partial charge in [-0.1, -0.05) is 11.6 Å². The molecule has 0 saturated carbocycles. The molecule has 0 bridgehead atoms. The van der Waals surface area contributed by atoms with Crippen LogP contribution in [0.1, 0.15) is 12.8 Å². The van der Waals surface area contributed by atoms with Crippen LogP contribution in [0.3, 0.4) is 0 Å². The predicted octanol–water partition coefficient (Wildman–Crippen LogP) is 3.50. The first kappa shape index (κ1) is 17.8. The molecule has 1 aliphatic heterocycles. The summed E-state index contributed by atoms with van der Waals surface area (Å²) in [5.74, 6) is 0.598. The Morgan fingerprint density at radius 3 is 3.00 bits per heavy atom. The fraction of sp³-hybridized carbons (Fsp3) is 0.278. The van der Waals surface area contributed by atoms with E-state index < -0.39 is 0 Å². The molecule has 1 atom stereocenters. The zero-order chi connectivity index (χ0) is 18.6. The Kier molecular flexibility index (Phi) is 5.26. The summed E-state index contributed by atoms with van der Waals surface area (Å²) in [4.78, 5) is 23.4. The highest BCUT2D eigenvalue weighted by atomic mass is 35.5. The van der Waals surface area contributed by atoms with Gasteiger partial charge in [0.25, 0.3) is 0 Å². The highest BCUT2D eigenvalue weighted by molar-refractivity contribution is 7.14. The summed E-state index contributed by atoms with van der Waals surface area (Å²) < 4.78 is 0. The normalized spacial score (nSPS) is 16.9. The number of nitrogens with zero attached hydrogens (tertiary/aromatic N) is 5. The van der Waals surface area contributed by atoms with Crippen LogP contribution in [0.5, 0.6) is 0 Å². The van der Waals surface area contributed by atoms with E-state index in [-0.39, 0.29) is 11.8 Å². The van der Waals surface area contributed by atoms with E-state index >= 15 is 0 Å². The summed E-state index contributed by atoms with van der Waals surface area (Å²) in [6, 6.07) is 7.35. The van der Waals surface area contributed by atoms with Crippen molar-refractivity contribution < 1.29 is 4.79 Å². The van der Waals surface area contributed by atoms with Gasteiger partial charge in [0.05, 0.1) is 11.6 Å². The molecular weight excluding hydrogens is 384 g/mol. The largest absolute Gasteiger partial charge is 0.354 e. The van der Waals surface area contributed by atoms with E-state index in [0.29, 0.717) is 16.8 Å². The van der Waals surface area contributed by atoms with Gasteiger partial charge in [-0.25, -0.2) is 4.98 Å². The minimum absolute atomic E-state index is 0.0197. The van der Waals surface area contributed by atoms with Gasteiger partial charge in [0, 0.05) is 36.4 Å². The molecule has 7 nitrogen and oxygen atoms in total. The Morgan fingerprint density at radius 1 is 1.30 bits per heavy atom. The molecule has 3 aromatic rings. The van der Waals surface area contributed by atoms with Crippen molar-refractivity contribution in [1.29, 1.82) is 0 Å². The number of amides is 1. The number of aromatic nitrogens is 4. The first-order chi connectivity index (χ1) is 13.2. The Bertz CT molecular complexity index is 917. The van der Waals surface area contributed by atoms with Crippen LogP contribution in [0.4, 0.5) is 10.9 Å². The van der Waals surface area contributed by atoms with Crippen molar-refractivity contribution in [3.05, 3.63) is 47.2 Å². The number of carbonyl (C=O) groups excluding carboxylic acids is 1. The highest BCUT2D eigenvalue weighted by Gasteiger charge is 2.27. The summed E-state index contributed by atoms with van der Waals surface area (Å²) >= 11 is 7.21. The molecule has 0 spiro atoms. The lowest BCUT2D eigenvalue weighted by molar-refractivity contribution is -0.120. The summed E-state index contributed by atoms with van der Waals surface area (Å²) in [7, 11) is 0. The number of thiazole rings is 1. The van der Waals surface area contributed by atoms with E-state index in [1.807, 2.05) is 23.6 Å². The third-order valence-electron chi connectivity index (χ3n) is 4.43. The number of hydrogen-bond acceptors (Lipinski definition) is 7. The van der Waals surface area contributed by atoms with Crippen LogP contribution in [0, 0.1) is 5.92 Å². The SMILES string of the molecule is O=C(Nc1nc(-c2cccnc2)cs1)C1CCCN(c2ccc(Cl)nn2)C1. The fourth-order valence-electron chi connectivity index (χ4n) is 3.06. The van der Waals surface area contributed by atoms with E-state index in [2.05, 4.69) is 30.4 Å². The van der Waals surface area contributed by atoms with Crippen LogP contribution in [0.15, 0.2) is 42.0 Å². The topological polar surface area (TPSA) is 83.9 Å². The maximum absolute atomic E-state index is 12.7. The van der Waals surface area contributed by atoms with E-state index in [1.165, 1.54) is 11.3 Å². The van der Waals surface area contributed by atoms with Crippen molar-refractivity contribution in [3.8, 4) is 11.3 Å². The Hall–Kier alpha value is -2.58. The molecule has 0 aliphatic carbocycles. The van der Waals surface area contributed by atoms with Gasteiger partial charge in [-0.05, 0) is 37.1 Å². The number of nitrogens with one attached hydrogen (secondary N) is 1. The second-order valence-electron chi connectivity index (χ2n) is 6.27. The molecule has 4 heterocycles. The molecule has 1 N–H and O–H groups in total. The summed E-state index contributed by atoms with van der Waals surface area (Å²) in [5.41, 5.74) is 1.74. The summed E-state index contributed by atoms with van der Waals surface area (Å²) in [6.07, 6.45) is 5.23. The average molecular weight is 401 g/mol. The minimum Gasteiger partial charge on any atom is -0.354 e. The number of piperidine rings is 1. The lowest BCUT2D eigenvalue weighted by Gasteiger charge is -2.32. The second-order valence-corrected chi connectivity index (χ2v) is 7.51. The van der Waals surface area contributed by atoms with Gasteiger partial charge in [-0.2, -0.15) is 0 Å². The maximum atomic E-state index is 12.7. The predicted molar refractivity (Wildman–Crippen MR) is 106 cm³/mol. The van der Waals surface area contributed by atoms with Gasteiger partial charge in [-0.15, -0.1) is 21.5 Å². The Labute approximate surface area is 165 Å². The van der Waals surface area contributed by atoms with Gasteiger partial charge in [0.15, 0.2) is 16.1 Å². The molecule has 1 amide bonds. The zero-order valence-electron chi connectivity index (χ0n) is 14.4. The lowest BCUT2D eigenvalue weighted by Crippen LogP contribution is -2.41. The van der Waals surface area contributed by atoms with Crippen LogP contribution in [0.2, 0.25) is 5.15 Å². The first-order valence-corrected chi connectivity index (χ1v) is 9.86. The summed E-state index contributed by atoms with van der Waals surface area (Å²) in [5, 5.41) is 13.8. The molecule has 3 aromatic heterocycles. The van der Waals surface area contributed by atoms with Crippen molar-refractivity contribution in [2.45, 2.75) is 12.8 Å². The molecular formula is C18H17ClN6OS. The second kappa shape index (κ2) is 7.98. The van der Waals surface area contributed by atoms with Crippen LogP contribution in [-0.2, 0) is 4.79 Å². The quantitative estimate of drug-likeness (QED) is 0.721. The van der Waals surface area contributed by atoms with Crippen molar-refractivity contribution in [3.63, 3.8) is 0 Å². The molecule has 0 aromatic carbocycles. The van der Waals surface area contributed by atoms with Crippen LogP contribution >= 0.6 is 22.9 Å². The third kappa shape index (κ3) is 4.23. The van der Waals surface area contributed by atoms with Crippen LogP contribution < -0.4 is 10.2 Å². The molecule has 1 fully saturated rings. The Morgan fingerprint density at radius 2 is 2.22 bits per heavy atom. The molecule has 1 aliphatic rings. The van der Waals surface area contributed by atoms with Crippen molar-refractivity contribution in [2.24, 2.45) is 5.92 Å². The number of carbonyl (C=O) groups is 1. The van der Waals surface area contributed by atoms with Crippen molar-refractivity contribution in [2.75, 3.05) is 23.3 Å². The zero-order valence-corrected chi connectivity index (χ0v) is 16.0. The standard InChI is InChI=1S/C18H17ClN6OS/c19-15-5-6-16(24-23-15)25-8-2-4-13(10-25)17(26)22-18-21-14(11-27-18)12-3-1-7-20-9-12/h1,3,5-7,9,11,13H,2,4,8,10H2,(H,21,22,26). The first-order valence-electron chi connectivity index (χ1n) is 8.60. The molecule has 1 unspecified atom stereocenters. The highest BCUT2D eigenvalue weighted by Crippen LogP contribution is 2.26. The van der Waals surface area contributed by atoms with Crippen LogP contribution in [-0.4, -0.2) is 39.2 Å². The molecule has 4 rings (SSSR count). The van der Waals surface area contributed by atoms with Crippen LogP contribution in [0.25, 0.3) is 11.3 Å². The van der Waals surface area contributed by atoms with Gasteiger partial charge in [0.2, 0.25) is 5.91 Å². The monoisotopic (exact) mass is 400 g/mol. The van der Waals surface area contributed by atoms with E-state index in [1.54, 1.807) is 18.5 Å². The molecule has 1 saturated heterocycles. The minimum atomic E-state index is -0.123. The van der Waals surface area contributed by atoms with Gasteiger partial charge >= 0.3 is 0 Å². The molecule has 0 radical (unpaired) electrons. The van der Waals surface area contributed by atoms with Crippen molar-refractivity contribution >= 4 is 39.8 Å². The summed E-state index contributed by atoms with van der Waals surface area (Å²) in [6.45, 7) is 1.45. The number of rotatable bonds is 4. The van der Waals surface area contributed by atoms with Gasteiger partial charge in [-0.3, -0.25) is 9.78 Å². The third-order valence-corrected chi connectivity index (χ3v) is 5.39. The van der Waals surface area contributed by atoms with Gasteiger partial charge < -0.3 is 10.2 Å². The number of halogens is 1. The number of pyridine rings is 1. The van der Waals surface area contributed by atoms with E-state index in [4.69, 9.17) is 11.6 Å². The number of anilines is 2. The Balaban J connectivity index is 1.41.